The highest BCUT2D eigenvalue weighted by atomic mass is 32.2. The molecule has 0 amide bonds. The van der Waals surface area contributed by atoms with Crippen LogP contribution in [-0.4, -0.2) is 23.2 Å². The van der Waals surface area contributed by atoms with Gasteiger partial charge in [-0.2, -0.15) is 0 Å². The van der Waals surface area contributed by atoms with Crippen LogP contribution in [-0.2, 0) is 11.0 Å². The molecule has 1 rings (SSSR count). The van der Waals surface area contributed by atoms with Crippen molar-refractivity contribution in [3.63, 3.8) is 0 Å². The number of ether oxygens (including phenoxy) is 2. The van der Waals surface area contributed by atoms with Crippen molar-refractivity contribution in [1.82, 2.24) is 0 Å². The van der Waals surface area contributed by atoms with Crippen molar-refractivity contribution < 1.29 is 13.7 Å². The van der Waals surface area contributed by atoms with Crippen molar-refractivity contribution in [3.05, 3.63) is 18.2 Å². The van der Waals surface area contributed by atoms with Gasteiger partial charge in [0.2, 0.25) is 0 Å². The van der Waals surface area contributed by atoms with Crippen LogP contribution in [0.4, 0.5) is 5.69 Å². The molecule has 5 heteroatoms. The summed E-state index contributed by atoms with van der Waals surface area (Å²) in [6, 6.07) is 5.36. The van der Waals surface area contributed by atoms with Crippen LogP contribution in [0.5, 0.6) is 11.5 Å². The minimum atomic E-state index is -1.15. The predicted molar refractivity (Wildman–Crippen MR) is 71.1 cm³/mol. The second-order valence-corrected chi connectivity index (χ2v) is 6.52. The van der Waals surface area contributed by atoms with Gasteiger partial charge in [-0.1, -0.05) is 0 Å². The molecule has 0 aliphatic carbocycles. The zero-order chi connectivity index (χ0) is 13.1. The number of hydrogen-bond acceptors (Lipinski definition) is 3. The van der Waals surface area contributed by atoms with Crippen molar-refractivity contribution in [2.24, 2.45) is 0 Å². The minimum Gasteiger partial charge on any atom is -0.493 e. The van der Waals surface area contributed by atoms with Gasteiger partial charge in [0.15, 0.2) is 11.5 Å². The SMILES string of the molecule is COc1ccc(NS(=O)C(C)(C)C)cc1OC. The third-order valence-electron chi connectivity index (χ3n) is 2.15. The Labute approximate surface area is 105 Å². The van der Waals surface area contributed by atoms with E-state index in [-0.39, 0.29) is 4.75 Å². The molecule has 4 nitrogen and oxygen atoms in total. The summed E-state index contributed by atoms with van der Waals surface area (Å²) in [4.78, 5) is 0. The minimum absolute atomic E-state index is 0.312. The highest BCUT2D eigenvalue weighted by Gasteiger charge is 2.19. The van der Waals surface area contributed by atoms with Crippen LogP contribution in [0.15, 0.2) is 18.2 Å². The first-order valence-electron chi connectivity index (χ1n) is 5.29. The Morgan fingerprint density at radius 2 is 1.71 bits per heavy atom. The molecule has 0 aliphatic rings. The van der Waals surface area contributed by atoms with E-state index in [4.69, 9.17) is 9.47 Å². The number of nitrogens with one attached hydrogen (secondary N) is 1. The molecular weight excluding hydrogens is 238 g/mol. The largest absolute Gasteiger partial charge is 0.493 e. The normalized spacial score (nSPS) is 13.0. The summed E-state index contributed by atoms with van der Waals surface area (Å²) in [5.74, 6) is 1.27. The molecule has 0 saturated carbocycles. The molecule has 1 atom stereocenters. The van der Waals surface area contributed by atoms with Gasteiger partial charge >= 0.3 is 0 Å². The second kappa shape index (κ2) is 5.40. The molecule has 1 aromatic rings. The van der Waals surface area contributed by atoms with E-state index >= 15 is 0 Å². The van der Waals surface area contributed by atoms with Crippen LogP contribution in [0.1, 0.15) is 20.8 Å². The summed E-state index contributed by atoms with van der Waals surface area (Å²) >= 11 is 0. The lowest BCUT2D eigenvalue weighted by molar-refractivity contribution is 0.355. The fourth-order valence-corrected chi connectivity index (χ4v) is 1.81. The summed E-state index contributed by atoms with van der Waals surface area (Å²) < 4.78 is 24.9. The highest BCUT2D eigenvalue weighted by molar-refractivity contribution is 7.87. The van der Waals surface area contributed by atoms with Gasteiger partial charge in [0.05, 0.1) is 24.7 Å². The van der Waals surface area contributed by atoms with Gasteiger partial charge in [-0.3, -0.25) is 0 Å². The van der Waals surface area contributed by atoms with Crippen LogP contribution < -0.4 is 14.2 Å². The van der Waals surface area contributed by atoms with E-state index in [0.29, 0.717) is 11.5 Å². The molecule has 0 aromatic heterocycles. The molecule has 0 heterocycles. The van der Waals surface area contributed by atoms with Gasteiger partial charge in [0, 0.05) is 6.07 Å². The van der Waals surface area contributed by atoms with E-state index in [2.05, 4.69) is 4.72 Å². The lowest BCUT2D eigenvalue weighted by Crippen LogP contribution is -2.27. The van der Waals surface area contributed by atoms with Crippen molar-refractivity contribution in [2.45, 2.75) is 25.5 Å². The quantitative estimate of drug-likeness (QED) is 0.902. The summed E-state index contributed by atoms with van der Waals surface area (Å²) in [6.07, 6.45) is 0. The standard InChI is InChI=1S/C12H19NO3S/c1-12(2,3)17(14)13-9-6-7-10(15-4)11(8-9)16-5/h6-8,13H,1-5H3. The van der Waals surface area contributed by atoms with E-state index < -0.39 is 11.0 Å². The van der Waals surface area contributed by atoms with E-state index in [0.717, 1.165) is 5.69 Å². The lowest BCUT2D eigenvalue weighted by Gasteiger charge is -2.19. The second-order valence-electron chi connectivity index (χ2n) is 4.55. The monoisotopic (exact) mass is 257 g/mol. The van der Waals surface area contributed by atoms with E-state index in [1.807, 2.05) is 26.8 Å². The van der Waals surface area contributed by atoms with Gasteiger partial charge < -0.3 is 14.2 Å². The molecule has 0 saturated heterocycles. The van der Waals surface area contributed by atoms with Crippen LogP contribution in [0.3, 0.4) is 0 Å². The topological polar surface area (TPSA) is 47.6 Å². The molecule has 1 unspecified atom stereocenters. The third kappa shape index (κ3) is 3.63. The van der Waals surface area contributed by atoms with Gasteiger partial charge in [0.25, 0.3) is 0 Å². The third-order valence-corrected chi connectivity index (χ3v) is 3.68. The van der Waals surface area contributed by atoms with Crippen LogP contribution >= 0.6 is 0 Å². The first kappa shape index (κ1) is 13.8. The average molecular weight is 257 g/mol. The summed E-state index contributed by atoms with van der Waals surface area (Å²) in [7, 11) is 2.00. The Morgan fingerprint density at radius 3 is 2.18 bits per heavy atom. The lowest BCUT2D eigenvalue weighted by atomic mass is 10.3. The maximum atomic E-state index is 11.9. The fourth-order valence-electron chi connectivity index (χ4n) is 1.16. The van der Waals surface area contributed by atoms with Crippen LogP contribution in [0, 0.1) is 0 Å². The molecule has 1 aromatic carbocycles. The van der Waals surface area contributed by atoms with Gasteiger partial charge in [-0.15, -0.1) is 0 Å². The molecular formula is C12H19NO3S. The first-order chi connectivity index (χ1) is 7.88. The Morgan fingerprint density at radius 1 is 1.12 bits per heavy atom. The molecule has 96 valence electrons. The van der Waals surface area contributed by atoms with E-state index in [9.17, 15) is 4.21 Å². The Balaban J connectivity index is 2.90. The maximum absolute atomic E-state index is 11.9. The van der Waals surface area contributed by atoms with Crippen molar-refractivity contribution in [2.75, 3.05) is 18.9 Å². The molecule has 0 aliphatic heterocycles. The Kier molecular flexibility index (Phi) is 4.40. The Bertz CT molecular complexity index is 413. The number of hydrogen-bond donors (Lipinski definition) is 1. The number of benzene rings is 1. The fraction of sp³-hybridized carbons (Fsp3) is 0.500. The van der Waals surface area contributed by atoms with Crippen molar-refractivity contribution >= 4 is 16.7 Å². The van der Waals surface area contributed by atoms with Gasteiger partial charge in [-0.25, -0.2) is 4.21 Å². The molecule has 0 spiro atoms. The van der Waals surface area contributed by atoms with Crippen molar-refractivity contribution in [1.29, 1.82) is 0 Å². The summed E-state index contributed by atoms with van der Waals surface area (Å²) in [6.45, 7) is 5.74. The van der Waals surface area contributed by atoms with E-state index in [1.165, 1.54) is 0 Å². The average Bonchev–Trinajstić information content (AvgIpc) is 2.27. The van der Waals surface area contributed by atoms with Gasteiger partial charge in [0.1, 0.15) is 11.0 Å². The molecule has 1 N–H and O–H groups in total. The number of anilines is 1. The van der Waals surface area contributed by atoms with E-state index in [1.54, 1.807) is 26.4 Å². The Hall–Kier alpha value is -1.23. The van der Waals surface area contributed by atoms with Crippen LogP contribution in [0.25, 0.3) is 0 Å². The van der Waals surface area contributed by atoms with Gasteiger partial charge in [-0.05, 0) is 32.9 Å². The molecule has 0 fully saturated rings. The summed E-state index contributed by atoms with van der Waals surface area (Å²) in [5.41, 5.74) is 0.746. The molecule has 0 radical (unpaired) electrons. The maximum Gasteiger partial charge on any atom is 0.162 e. The number of methoxy groups -OCH3 is 2. The van der Waals surface area contributed by atoms with Crippen molar-refractivity contribution in [3.8, 4) is 11.5 Å². The predicted octanol–water partition coefficient (Wildman–Crippen LogP) is 2.58. The zero-order valence-electron chi connectivity index (χ0n) is 10.9. The van der Waals surface area contributed by atoms with Crippen LogP contribution in [0.2, 0.25) is 0 Å². The smallest absolute Gasteiger partial charge is 0.162 e. The molecule has 17 heavy (non-hydrogen) atoms. The number of rotatable bonds is 4. The highest BCUT2D eigenvalue weighted by Crippen LogP contribution is 2.30. The molecule has 0 bridgehead atoms. The summed E-state index contributed by atoms with van der Waals surface area (Å²) in [5, 5.41) is 0. The first-order valence-corrected chi connectivity index (χ1v) is 6.44. The zero-order valence-corrected chi connectivity index (χ0v) is 11.7.